The average molecular weight is 476 g/mol. The number of nitrogens with two attached hydrogens (primary N) is 1. The first kappa shape index (κ1) is 25.8. The number of hydrogen-bond donors (Lipinski definition) is 2. The molecule has 0 spiro atoms. The van der Waals surface area contributed by atoms with E-state index in [9.17, 15) is 18.0 Å². The van der Waals surface area contributed by atoms with Crippen LogP contribution >= 0.6 is 24.8 Å². The fourth-order valence-electron chi connectivity index (χ4n) is 2.50. The Hall–Kier alpha value is -3.24. The Morgan fingerprint density at radius 1 is 1.16 bits per heavy atom. The Morgan fingerprint density at radius 3 is 2.48 bits per heavy atom. The third kappa shape index (κ3) is 6.12. The van der Waals surface area contributed by atoms with E-state index < -0.39 is 23.4 Å². The van der Waals surface area contributed by atoms with Crippen molar-refractivity contribution >= 4 is 36.7 Å². The lowest BCUT2D eigenvalue weighted by Gasteiger charge is -2.17. The molecule has 0 aliphatic heterocycles. The zero-order valence-corrected chi connectivity index (χ0v) is 17.6. The van der Waals surface area contributed by atoms with E-state index >= 15 is 0 Å². The number of para-hydroxylation sites is 2. The van der Waals surface area contributed by atoms with Gasteiger partial charge >= 0.3 is 6.18 Å². The van der Waals surface area contributed by atoms with Gasteiger partial charge < -0.3 is 15.0 Å². The van der Waals surface area contributed by atoms with Crippen molar-refractivity contribution < 1.29 is 22.7 Å². The lowest BCUT2D eigenvalue weighted by atomic mass is 10.1. The van der Waals surface area contributed by atoms with E-state index in [0.29, 0.717) is 11.8 Å². The number of ether oxygens (including phenoxy) is 1. The van der Waals surface area contributed by atoms with Crippen LogP contribution in [0.25, 0.3) is 5.69 Å². The molecule has 1 heterocycles. The molecule has 12 heteroatoms. The zero-order chi connectivity index (χ0) is 21.0. The summed E-state index contributed by atoms with van der Waals surface area (Å²) in [7, 11) is 1.34. The molecule has 0 fully saturated rings. The highest BCUT2D eigenvalue weighted by atomic mass is 35.5. The van der Waals surface area contributed by atoms with Crippen molar-refractivity contribution in [3.63, 3.8) is 0 Å². The summed E-state index contributed by atoms with van der Waals surface area (Å²) < 4.78 is 48.1. The number of carbonyl (C=O) groups is 1. The molecule has 31 heavy (non-hydrogen) atoms. The van der Waals surface area contributed by atoms with Crippen LogP contribution in [0, 0.1) is 0 Å². The van der Waals surface area contributed by atoms with E-state index in [4.69, 9.17) is 10.5 Å². The number of imidazole rings is 1. The molecule has 7 nitrogen and oxygen atoms in total. The van der Waals surface area contributed by atoms with Gasteiger partial charge in [0, 0.05) is 25.0 Å². The number of amides is 1. The minimum atomic E-state index is -4.75. The number of hydrogen-bond acceptors (Lipinski definition) is 4. The molecule has 0 aliphatic carbocycles. The normalized spacial score (nSPS) is 11.2. The number of rotatable bonds is 4. The molecule has 0 bridgehead atoms. The molecular formula is C19H18Cl2F3N5O2. The SMILES string of the molecule is CN=C(N)NC(=O)c1ccc(Oc2ccccc2-n2ccnc2)c(C(F)(F)F)c1.Cl.Cl. The van der Waals surface area contributed by atoms with Gasteiger partial charge in [-0.1, -0.05) is 12.1 Å². The van der Waals surface area contributed by atoms with Gasteiger partial charge in [0.15, 0.2) is 11.7 Å². The van der Waals surface area contributed by atoms with Gasteiger partial charge in [0.2, 0.25) is 0 Å². The number of benzene rings is 2. The van der Waals surface area contributed by atoms with Crippen LogP contribution in [0.4, 0.5) is 13.2 Å². The topological polar surface area (TPSA) is 94.5 Å². The molecule has 1 amide bonds. The van der Waals surface area contributed by atoms with Crippen LogP contribution in [0.3, 0.4) is 0 Å². The first-order valence-corrected chi connectivity index (χ1v) is 8.29. The molecule has 3 N–H and O–H groups in total. The van der Waals surface area contributed by atoms with Crippen molar-refractivity contribution in [2.45, 2.75) is 6.18 Å². The van der Waals surface area contributed by atoms with Crippen LogP contribution in [-0.2, 0) is 6.18 Å². The van der Waals surface area contributed by atoms with E-state index in [-0.39, 0.29) is 42.1 Å². The van der Waals surface area contributed by atoms with E-state index in [1.54, 1.807) is 29.0 Å². The number of guanidine groups is 1. The number of alkyl halides is 3. The Morgan fingerprint density at radius 2 is 1.87 bits per heavy atom. The molecular weight excluding hydrogens is 458 g/mol. The van der Waals surface area contributed by atoms with Gasteiger partial charge in [-0.15, -0.1) is 24.8 Å². The second kappa shape index (κ2) is 10.7. The van der Waals surface area contributed by atoms with Crippen molar-refractivity contribution in [2.75, 3.05) is 7.05 Å². The highest BCUT2D eigenvalue weighted by molar-refractivity contribution is 6.05. The molecule has 3 rings (SSSR count). The Bertz CT molecular complexity index is 1060. The molecule has 0 saturated heterocycles. The number of aromatic nitrogens is 2. The second-order valence-electron chi connectivity index (χ2n) is 5.81. The highest BCUT2D eigenvalue weighted by Crippen LogP contribution is 2.39. The summed E-state index contributed by atoms with van der Waals surface area (Å²) in [6.07, 6.45) is -0.0728. The zero-order valence-electron chi connectivity index (χ0n) is 16.0. The van der Waals surface area contributed by atoms with E-state index in [0.717, 1.165) is 6.07 Å². The number of aliphatic imine (C=N–C) groups is 1. The molecule has 2 aromatic carbocycles. The van der Waals surface area contributed by atoms with Crippen molar-refractivity contribution in [1.82, 2.24) is 14.9 Å². The van der Waals surface area contributed by atoms with Crippen LogP contribution in [0.15, 0.2) is 66.2 Å². The summed E-state index contributed by atoms with van der Waals surface area (Å²) in [6.45, 7) is 0. The van der Waals surface area contributed by atoms with E-state index in [2.05, 4.69) is 15.3 Å². The van der Waals surface area contributed by atoms with Gasteiger partial charge in [-0.2, -0.15) is 13.2 Å². The molecule has 0 saturated carbocycles. The van der Waals surface area contributed by atoms with Crippen LogP contribution in [0.2, 0.25) is 0 Å². The standard InChI is InChI=1S/C19H16F3N5O2.2ClH/c1-24-18(23)26-17(28)12-6-7-15(13(10-12)19(20,21)22)29-16-5-3-2-4-14(16)27-9-8-25-11-27;;/h2-11H,1H3,(H3,23,24,26,28);2*1H. The van der Waals surface area contributed by atoms with Crippen LogP contribution < -0.4 is 15.8 Å². The molecule has 0 aliphatic rings. The Kier molecular flexibility index (Phi) is 8.89. The highest BCUT2D eigenvalue weighted by Gasteiger charge is 2.35. The molecule has 3 aromatic rings. The van der Waals surface area contributed by atoms with Gasteiger partial charge in [-0.05, 0) is 30.3 Å². The summed E-state index contributed by atoms with van der Waals surface area (Å²) in [6, 6.07) is 9.57. The van der Waals surface area contributed by atoms with Gasteiger partial charge in [0.25, 0.3) is 5.91 Å². The lowest BCUT2D eigenvalue weighted by molar-refractivity contribution is -0.138. The summed E-state index contributed by atoms with van der Waals surface area (Å²) in [5, 5.41) is 2.19. The predicted octanol–water partition coefficient (Wildman–Crippen LogP) is 4.20. The molecule has 0 unspecified atom stereocenters. The maximum absolute atomic E-state index is 13.6. The lowest BCUT2D eigenvalue weighted by Crippen LogP contribution is -2.36. The predicted molar refractivity (Wildman–Crippen MR) is 115 cm³/mol. The Labute approximate surface area is 188 Å². The maximum atomic E-state index is 13.6. The number of nitrogens with zero attached hydrogens (tertiary/aromatic N) is 3. The fourth-order valence-corrected chi connectivity index (χ4v) is 2.50. The average Bonchev–Trinajstić information content (AvgIpc) is 3.22. The second-order valence-corrected chi connectivity index (χ2v) is 5.81. The quantitative estimate of drug-likeness (QED) is 0.436. The first-order valence-electron chi connectivity index (χ1n) is 8.29. The maximum Gasteiger partial charge on any atom is 0.420 e. The van der Waals surface area contributed by atoms with Crippen molar-refractivity contribution in [3.8, 4) is 17.2 Å². The fraction of sp³-hybridized carbons (Fsp3) is 0.105. The minimum absolute atomic E-state index is 0. The summed E-state index contributed by atoms with van der Waals surface area (Å²) in [5.74, 6) is -1.28. The van der Waals surface area contributed by atoms with Gasteiger partial charge in [0.1, 0.15) is 5.75 Å². The first-order chi connectivity index (χ1) is 13.8. The summed E-state index contributed by atoms with van der Waals surface area (Å²) in [5.41, 5.74) is 4.56. The molecule has 166 valence electrons. The van der Waals surface area contributed by atoms with Crippen LogP contribution in [0.5, 0.6) is 11.5 Å². The van der Waals surface area contributed by atoms with E-state index in [1.165, 1.54) is 31.7 Å². The van der Waals surface area contributed by atoms with Crippen molar-refractivity contribution in [2.24, 2.45) is 10.7 Å². The Balaban J connectivity index is 0.00000240. The van der Waals surface area contributed by atoms with Gasteiger partial charge in [-0.25, -0.2) is 4.98 Å². The van der Waals surface area contributed by atoms with Crippen molar-refractivity contribution in [3.05, 3.63) is 72.3 Å². The van der Waals surface area contributed by atoms with Crippen molar-refractivity contribution in [1.29, 1.82) is 0 Å². The number of carbonyl (C=O) groups excluding carboxylic acids is 1. The van der Waals surface area contributed by atoms with Crippen LogP contribution in [-0.4, -0.2) is 28.5 Å². The monoisotopic (exact) mass is 475 g/mol. The number of halogens is 5. The summed E-state index contributed by atoms with van der Waals surface area (Å²) >= 11 is 0. The van der Waals surface area contributed by atoms with E-state index in [1.807, 2.05) is 0 Å². The molecule has 0 atom stereocenters. The molecule has 1 aromatic heterocycles. The third-order valence-corrected chi connectivity index (χ3v) is 3.90. The smallest absolute Gasteiger partial charge is 0.420 e. The van der Waals surface area contributed by atoms with Gasteiger partial charge in [-0.3, -0.25) is 15.1 Å². The third-order valence-electron chi connectivity index (χ3n) is 3.90. The minimum Gasteiger partial charge on any atom is -0.455 e. The molecule has 0 radical (unpaired) electrons. The van der Waals surface area contributed by atoms with Gasteiger partial charge in [0.05, 0.1) is 17.6 Å². The summed E-state index contributed by atoms with van der Waals surface area (Å²) in [4.78, 5) is 19.6. The largest absolute Gasteiger partial charge is 0.455 e. The van der Waals surface area contributed by atoms with Crippen LogP contribution in [0.1, 0.15) is 15.9 Å². The number of nitrogens with one attached hydrogen (secondary N) is 1.